The second-order valence-corrected chi connectivity index (χ2v) is 10.9. The first kappa shape index (κ1) is 30.1. The van der Waals surface area contributed by atoms with Crippen molar-refractivity contribution in [3.05, 3.63) is 47.5 Å². The molecular formula is C31H41N3O8. The Kier molecular flexibility index (Phi) is 9.84. The van der Waals surface area contributed by atoms with Crippen molar-refractivity contribution in [2.45, 2.75) is 57.4 Å². The van der Waals surface area contributed by atoms with Crippen LogP contribution in [0.4, 0.5) is 5.69 Å². The zero-order chi connectivity index (χ0) is 29.6. The van der Waals surface area contributed by atoms with E-state index in [9.17, 15) is 14.7 Å². The van der Waals surface area contributed by atoms with Crippen molar-refractivity contribution in [2.24, 2.45) is 11.7 Å². The molecule has 2 aromatic rings. The molecule has 2 saturated heterocycles. The maximum Gasteiger partial charge on any atom is 0.308 e. The van der Waals surface area contributed by atoms with Crippen LogP contribution < -0.4 is 24.8 Å². The van der Waals surface area contributed by atoms with Crippen LogP contribution in [0.25, 0.3) is 0 Å². The Balaban J connectivity index is 1.45. The van der Waals surface area contributed by atoms with Gasteiger partial charge in [0.2, 0.25) is 18.4 Å². The molecule has 5 rings (SSSR count). The summed E-state index contributed by atoms with van der Waals surface area (Å²) in [5, 5.41) is 10.6. The number of fused-ring (bicyclic) bond motifs is 1. The third-order valence-corrected chi connectivity index (χ3v) is 8.36. The number of hydrogen-bond donors (Lipinski definition) is 2. The van der Waals surface area contributed by atoms with Gasteiger partial charge in [0.05, 0.1) is 32.8 Å². The predicted octanol–water partition coefficient (Wildman–Crippen LogP) is 3.34. The minimum Gasteiger partial charge on any atom is -0.493 e. The molecule has 3 heterocycles. The normalized spacial score (nSPS) is 22.0. The first-order valence-corrected chi connectivity index (χ1v) is 14.7. The van der Waals surface area contributed by atoms with E-state index in [0.29, 0.717) is 62.9 Å². The fourth-order valence-corrected chi connectivity index (χ4v) is 6.26. The first-order valence-electron chi connectivity index (χ1n) is 14.7. The fraction of sp³-hybridized carbons (Fsp3) is 0.548. The molecule has 0 aromatic heterocycles. The van der Waals surface area contributed by atoms with Gasteiger partial charge in [0.25, 0.3) is 0 Å². The number of nitrogens with zero attached hydrogens (tertiary/aromatic N) is 2. The highest BCUT2D eigenvalue weighted by Crippen LogP contribution is 2.47. The Morgan fingerprint density at radius 3 is 2.67 bits per heavy atom. The SMILES string of the molecule is CCCCN(C(=O)CN1C[C@H](c2cc(OC)c3c(c2)OCO3)[C@@H](C(=O)O)[C@@H]1CCC1OCCO1)c1cccc(CN)c1. The topological polar surface area (TPSA) is 133 Å². The molecule has 2 aromatic carbocycles. The lowest BCUT2D eigenvalue weighted by atomic mass is 9.83. The number of carbonyl (C=O) groups is 2. The molecule has 2 fully saturated rings. The summed E-state index contributed by atoms with van der Waals surface area (Å²) in [6.07, 6.45) is 2.44. The lowest BCUT2D eigenvalue weighted by Gasteiger charge is -2.30. The van der Waals surface area contributed by atoms with Crippen molar-refractivity contribution in [3.8, 4) is 17.2 Å². The van der Waals surface area contributed by atoms with Gasteiger partial charge >= 0.3 is 5.97 Å². The van der Waals surface area contributed by atoms with Crippen molar-refractivity contribution in [1.29, 1.82) is 0 Å². The molecule has 0 bridgehead atoms. The molecule has 0 radical (unpaired) electrons. The molecule has 3 aliphatic rings. The number of ether oxygens (including phenoxy) is 5. The molecule has 228 valence electrons. The van der Waals surface area contributed by atoms with Gasteiger partial charge in [0.1, 0.15) is 0 Å². The molecular weight excluding hydrogens is 542 g/mol. The van der Waals surface area contributed by atoms with E-state index in [4.69, 9.17) is 29.4 Å². The van der Waals surface area contributed by atoms with E-state index in [1.165, 1.54) is 0 Å². The summed E-state index contributed by atoms with van der Waals surface area (Å²) < 4.78 is 28.1. The zero-order valence-corrected chi connectivity index (χ0v) is 24.3. The lowest BCUT2D eigenvalue weighted by Crippen LogP contribution is -2.44. The maximum atomic E-state index is 14.0. The van der Waals surface area contributed by atoms with E-state index in [1.807, 2.05) is 41.3 Å². The molecule has 3 N–H and O–H groups in total. The average Bonchev–Trinajstić information content (AvgIpc) is 3.76. The molecule has 0 spiro atoms. The number of carboxylic acid groups (broad SMARTS) is 1. The second kappa shape index (κ2) is 13.7. The largest absolute Gasteiger partial charge is 0.493 e. The summed E-state index contributed by atoms with van der Waals surface area (Å²) in [5.74, 6) is -0.636. The van der Waals surface area contributed by atoms with E-state index < -0.39 is 23.8 Å². The third-order valence-electron chi connectivity index (χ3n) is 8.36. The first-order chi connectivity index (χ1) is 20.4. The molecule has 42 heavy (non-hydrogen) atoms. The monoisotopic (exact) mass is 583 g/mol. The van der Waals surface area contributed by atoms with Gasteiger partial charge in [-0.3, -0.25) is 14.5 Å². The number of amides is 1. The van der Waals surface area contributed by atoms with Crippen molar-refractivity contribution < 1.29 is 38.4 Å². The van der Waals surface area contributed by atoms with Gasteiger partial charge < -0.3 is 39.4 Å². The zero-order valence-electron chi connectivity index (χ0n) is 24.3. The smallest absolute Gasteiger partial charge is 0.308 e. The minimum absolute atomic E-state index is 0.0752. The number of benzene rings is 2. The highest BCUT2D eigenvalue weighted by Gasteiger charge is 2.48. The molecule has 11 nitrogen and oxygen atoms in total. The number of rotatable bonds is 13. The van der Waals surface area contributed by atoms with E-state index >= 15 is 0 Å². The number of carbonyl (C=O) groups excluding carboxylic acids is 1. The van der Waals surface area contributed by atoms with Gasteiger partial charge in [-0.2, -0.15) is 0 Å². The van der Waals surface area contributed by atoms with Gasteiger partial charge in [-0.05, 0) is 54.7 Å². The number of anilines is 1. The number of carboxylic acids is 1. The number of likely N-dealkylation sites (tertiary alicyclic amines) is 1. The number of unbranched alkanes of at least 4 members (excludes halogenated alkanes) is 1. The van der Waals surface area contributed by atoms with Crippen LogP contribution in [0.2, 0.25) is 0 Å². The number of nitrogens with two attached hydrogens (primary N) is 1. The lowest BCUT2D eigenvalue weighted by molar-refractivity contribution is -0.143. The Bertz CT molecular complexity index is 1250. The summed E-state index contributed by atoms with van der Waals surface area (Å²) >= 11 is 0. The summed E-state index contributed by atoms with van der Waals surface area (Å²) in [7, 11) is 1.55. The predicted molar refractivity (Wildman–Crippen MR) is 155 cm³/mol. The number of methoxy groups -OCH3 is 1. The molecule has 3 atom stereocenters. The minimum atomic E-state index is -0.914. The van der Waals surface area contributed by atoms with E-state index in [2.05, 4.69) is 6.92 Å². The van der Waals surface area contributed by atoms with Crippen molar-refractivity contribution in [2.75, 3.05) is 51.7 Å². The Hall–Kier alpha value is -3.38. The molecule has 0 saturated carbocycles. The van der Waals surface area contributed by atoms with Crippen LogP contribution >= 0.6 is 0 Å². The molecule has 3 aliphatic heterocycles. The standard InChI is InChI=1S/C31H41N3O8/c1-3-4-10-34(22-7-5-6-20(13-22)16-32)27(35)18-33-17-23(21-14-25(38-2)30-26(15-21)41-19-42-30)29(31(36)37)24(33)8-9-28-39-11-12-40-28/h5-7,13-15,23-24,28-29H,3-4,8-12,16-19,32H2,1-2H3,(H,36,37)/t23-,24+,29-/m1/s1. The number of hydrogen-bond acceptors (Lipinski definition) is 9. The van der Waals surface area contributed by atoms with Crippen molar-refractivity contribution in [3.63, 3.8) is 0 Å². The second-order valence-electron chi connectivity index (χ2n) is 10.9. The molecule has 0 aliphatic carbocycles. The summed E-state index contributed by atoms with van der Waals surface area (Å²) in [6.45, 7) is 4.61. The summed E-state index contributed by atoms with van der Waals surface area (Å²) in [6, 6.07) is 11.0. The Morgan fingerprint density at radius 1 is 1.14 bits per heavy atom. The average molecular weight is 584 g/mol. The van der Waals surface area contributed by atoms with E-state index in [1.54, 1.807) is 12.0 Å². The highest BCUT2D eigenvalue weighted by molar-refractivity contribution is 5.95. The Morgan fingerprint density at radius 2 is 1.95 bits per heavy atom. The van der Waals surface area contributed by atoms with Crippen LogP contribution in [-0.4, -0.2) is 81.0 Å². The highest BCUT2D eigenvalue weighted by atomic mass is 16.7. The van der Waals surface area contributed by atoms with Crippen LogP contribution in [-0.2, 0) is 25.6 Å². The van der Waals surface area contributed by atoms with E-state index in [-0.39, 0.29) is 25.5 Å². The third kappa shape index (κ3) is 6.49. The fourth-order valence-electron chi connectivity index (χ4n) is 6.26. The van der Waals surface area contributed by atoms with Crippen LogP contribution in [0.3, 0.4) is 0 Å². The molecule has 1 amide bonds. The van der Waals surface area contributed by atoms with Crippen molar-refractivity contribution >= 4 is 17.6 Å². The van der Waals surface area contributed by atoms with E-state index in [0.717, 1.165) is 29.7 Å². The van der Waals surface area contributed by atoms with Crippen LogP contribution in [0.5, 0.6) is 17.2 Å². The number of aliphatic carboxylic acids is 1. The molecule has 11 heteroatoms. The van der Waals surface area contributed by atoms with Crippen LogP contribution in [0.1, 0.15) is 49.7 Å². The van der Waals surface area contributed by atoms with Gasteiger partial charge in [-0.25, -0.2) is 0 Å². The van der Waals surface area contributed by atoms with Gasteiger partial charge in [0, 0.05) is 37.3 Å². The van der Waals surface area contributed by atoms with Gasteiger partial charge in [-0.15, -0.1) is 0 Å². The summed E-state index contributed by atoms with van der Waals surface area (Å²) in [4.78, 5) is 30.7. The van der Waals surface area contributed by atoms with Crippen molar-refractivity contribution in [1.82, 2.24) is 4.90 Å². The molecule has 0 unspecified atom stereocenters. The van der Waals surface area contributed by atoms with Gasteiger partial charge in [-0.1, -0.05) is 25.5 Å². The maximum absolute atomic E-state index is 14.0. The summed E-state index contributed by atoms with van der Waals surface area (Å²) in [5.41, 5.74) is 8.40. The quantitative estimate of drug-likeness (QED) is 0.362. The van der Waals surface area contributed by atoms with Crippen LogP contribution in [0.15, 0.2) is 36.4 Å². The van der Waals surface area contributed by atoms with Crippen LogP contribution in [0, 0.1) is 5.92 Å². The Labute approximate surface area is 246 Å². The van der Waals surface area contributed by atoms with Gasteiger partial charge in [0.15, 0.2) is 17.8 Å².